The van der Waals surface area contributed by atoms with Gasteiger partial charge in [0.2, 0.25) is 0 Å². The lowest BCUT2D eigenvalue weighted by Gasteiger charge is -2.22. The van der Waals surface area contributed by atoms with Crippen LogP contribution in [0.15, 0.2) is 22.7 Å². The molecule has 2 unspecified atom stereocenters. The van der Waals surface area contributed by atoms with Crippen LogP contribution in [0.4, 0.5) is 0 Å². The molecular formula is C14H20BrNO. The van der Waals surface area contributed by atoms with Crippen molar-refractivity contribution in [3.8, 4) is 0 Å². The molecule has 0 aromatic heterocycles. The van der Waals surface area contributed by atoms with Crippen molar-refractivity contribution in [2.24, 2.45) is 0 Å². The van der Waals surface area contributed by atoms with Gasteiger partial charge < -0.3 is 10.4 Å². The molecule has 2 atom stereocenters. The second kappa shape index (κ2) is 5.98. The maximum atomic E-state index is 9.03. The van der Waals surface area contributed by atoms with Crippen molar-refractivity contribution in [3.05, 3.63) is 33.8 Å². The summed E-state index contributed by atoms with van der Waals surface area (Å²) in [6.45, 7) is 2.44. The third kappa shape index (κ3) is 3.09. The molecule has 0 bridgehead atoms. The highest BCUT2D eigenvalue weighted by molar-refractivity contribution is 9.10. The molecule has 1 aromatic carbocycles. The lowest BCUT2D eigenvalue weighted by Crippen LogP contribution is -2.32. The van der Waals surface area contributed by atoms with Gasteiger partial charge in [-0.2, -0.15) is 0 Å². The van der Waals surface area contributed by atoms with Crippen LogP contribution in [0, 0.1) is 0 Å². The van der Waals surface area contributed by atoms with E-state index in [1.54, 1.807) is 0 Å². The van der Waals surface area contributed by atoms with Crippen molar-refractivity contribution in [2.75, 3.05) is 6.61 Å². The third-order valence-corrected chi connectivity index (χ3v) is 4.09. The summed E-state index contributed by atoms with van der Waals surface area (Å²) in [7, 11) is 0. The molecule has 0 saturated heterocycles. The fourth-order valence-electron chi connectivity index (χ4n) is 2.59. The lowest BCUT2D eigenvalue weighted by atomic mass is 10.1. The minimum Gasteiger partial charge on any atom is -0.396 e. The summed E-state index contributed by atoms with van der Waals surface area (Å²) >= 11 is 3.54. The number of hydrogen-bond acceptors (Lipinski definition) is 2. The van der Waals surface area contributed by atoms with E-state index in [1.165, 1.54) is 17.5 Å². The van der Waals surface area contributed by atoms with Gasteiger partial charge in [0.05, 0.1) is 0 Å². The number of fused-ring (bicyclic) bond motifs is 1. The summed E-state index contributed by atoms with van der Waals surface area (Å²) in [5, 5.41) is 12.7. The summed E-state index contributed by atoms with van der Waals surface area (Å²) in [6.07, 6.45) is 4.25. The van der Waals surface area contributed by atoms with Crippen LogP contribution in [0.25, 0.3) is 0 Å². The maximum absolute atomic E-state index is 9.03. The van der Waals surface area contributed by atoms with E-state index in [0.717, 1.165) is 23.7 Å². The average molecular weight is 298 g/mol. The van der Waals surface area contributed by atoms with Gasteiger partial charge in [-0.25, -0.2) is 0 Å². The largest absolute Gasteiger partial charge is 0.396 e. The molecule has 0 spiro atoms. The van der Waals surface area contributed by atoms with Crippen molar-refractivity contribution in [1.82, 2.24) is 5.32 Å². The molecule has 0 fully saturated rings. The molecule has 94 valence electrons. The van der Waals surface area contributed by atoms with Crippen molar-refractivity contribution in [2.45, 2.75) is 44.7 Å². The van der Waals surface area contributed by atoms with Gasteiger partial charge in [0.15, 0.2) is 0 Å². The van der Waals surface area contributed by atoms with Gasteiger partial charge in [0, 0.05) is 23.2 Å². The fraction of sp³-hybridized carbons (Fsp3) is 0.571. The molecule has 1 aliphatic carbocycles. The first-order chi connectivity index (χ1) is 8.24. The van der Waals surface area contributed by atoms with E-state index in [0.29, 0.717) is 12.1 Å². The summed E-state index contributed by atoms with van der Waals surface area (Å²) in [5.41, 5.74) is 2.89. The van der Waals surface area contributed by atoms with Gasteiger partial charge in [-0.05, 0) is 48.9 Å². The first-order valence-corrected chi connectivity index (χ1v) is 7.19. The first-order valence-electron chi connectivity index (χ1n) is 6.39. The number of rotatable bonds is 5. The molecule has 0 amide bonds. The number of nitrogens with one attached hydrogen (secondary N) is 1. The molecule has 2 N–H and O–H groups in total. The van der Waals surface area contributed by atoms with Gasteiger partial charge in [-0.1, -0.05) is 28.9 Å². The second-order valence-electron chi connectivity index (χ2n) is 4.72. The summed E-state index contributed by atoms with van der Waals surface area (Å²) in [6, 6.07) is 7.44. The maximum Gasteiger partial charge on any atom is 0.0445 e. The number of halogens is 1. The molecule has 0 heterocycles. The van der Waals surface area contributed by atoms with Crippen molar-refractivity contribution in [3.63, 3.8) is 0 Å². The number of aliphatic hydroxyl groups excluding tert-OH is 1. The molecular weight excluding hydrogens is 278 g/mol. The zero-order chi connectivity index (χ0) is 12.3. The normalized spacial score (nSPS) is 20.3. The van der Waals surface area contributed by atoms with Gasteiger partial charge in [-0.3, -0.25) is 0 Å². The van der Waals surface area contributed by atoms with Crippen LogP contribution in [0.5, 0.6) is 0 Å². The molecule has 0 aliphatic heterocycles. The van der Waals surface area contributed by atoms with Crippen LogP contribution in [0.3, 0.4) is 0 Å². The van der Waals surface area contributed by atoms with Crippen molar-refractivity contribution >= 4 is 15.9 Å². The first kappa shape index (κ1) is 13.1. The Morgan fingerprint density at radius 3 is 3.06 bits per heavy atom. The Balaban J connectivity index is 2.08. The Morgan fingerprint density at radius 1 is 1.53 bits per heavy atom. The van der Waals surface area contributed by atoms with Crippen LogP contribution in [-0.2, 0) is 6.42 Å². The van der Waals surface area contributed by atoms with E-state index in [9.17, 15) is 0 Å². The Bertz CT molecular complexity index is 380. The quantitative estimate of drug-likeness (QED) is 0.875. The van der Waals surface area contributed by atoms with Gasteiger partial charge in [-0.15, -0.1) is 0 Å². The molecule has 2 rings (SSSR count). The van der Waals surface area contributed by atoms with Crippen LogP contribution in [-0.4, -0.2) is 17.8 Å². The molecule has 0 radical (unpaired) electrons. The summed E-state index contributed by atoms with van der Waals surface area (Å²) in [4.78, 5) is 0. The van der Waals surface area contributed by atoms with E-state index in [4.69, 9.17) is 5.11 Å². The smallest absolute Gasteiger partial charge is 0.0445 e. The van der Waals surface area contributed by atoms with Crippen LogP contribution in [0.2, 0.25) is 0 Å². The standard InChI is InChI=1S/C14H20BrNO/c1-2-12(7-8-17)16-14-6-4-10-3-5-11(15)9-13(10)14/h3,5,9,12,14,16-17H,2,4,6-8H2,1H3. The number of aryl methyl sites for hydroxylation is 1. The topological polar surface area (TPSA) is 32.3 Å². The summed E-state index contributed by atoms with van der Waals surface area (Å²) < 4.78 is 1.15. The Hall–Kier alpha value is -0.380. The van der Waals surface area contributed by atoms with E-state index < -0.39 is 0 Å². The van der Waals surface area contributed by atoms with E-state index >= 15 is 0 Å². The zero-order valence-electron chi connectivity index (χ0n) is 10.2. The van der Waals surface area contributed by atoms with E-state index in [2.05, 4.69) is 46.4 Å². The molecule has 17 heavy (non-hydrogen) atoms. The SMILES string of the molecule is CCC(CCO)NC1CCc2ccc(Br)cc21. The molecule has 0 saturated carbocycles. The predicted octanol–water partition coefficient (Wildman–Crippen LogP) is 3.19. The lowest BCUT2D eigenvalue weighted by molar-refractivity contribution is 0.255. The minimum atomic E-state index is 0.267. The number of hydrogen-bond donors (Lipinski definition) is 2. The molecule has 1 aliphatic rings. The molecule has 1 aromatic rings. The van der Waals surface area contributed by atoms with Crippen molar-refractivity contribution in [1.29, 1.82) is 0 Å². The third-order valence-electron chi connectivity index (χ3n) is 3.59. The molecule has 3 heteroatoms. The van der Waals surface area contributed by atoms with Crippen molar-refractivity contribution < 1.29 is 5.11 Å². The van der Waals surface area contributed by atoms with Gasteiger partial charge in [0.25, 0.3) is 0 Å². The van der Waals surface area contributed by atoms with Gasteiger partial charge in [0.1, 0.15) is 0 Å². The van der Waals surface area contributed by atoms with Crippen LogP contribution in [0.1, 0.15) is 43.4 Å². The second-order valence-corrected chi connectivity index (χ2v) is 5.63. The highest BCUT2D eigenvalue weighted by atomic mass is 79.9. The van der Waals surface area contributed by atoms with E-state index in [1.807, 2.05) is 0 Å². The predicted molar refractivity (Wildman–Crippen MR) is 74.1 cm³/mol. The number of aliphatic hydroxyl groups is 1. The zero-order valence-corrected chi connectivity index (χ0v) is 11.8. The minimum absolute atomic E-state index is 0.267. The molecule has 2 nitrogen and oxygen atoms in total. The fourth-order valence-corrected chi connectivity index (χ4v) is 2.97. The summed E-state index contributed by atoms with van der Waals surface area (Å²) in [5.74, 6) is 0. The van der Waals surface area contributed by atoms with Crippen LogP contribution >= 0.6 is 15.9 Å². The Labute approximate surface area is 112 Å². The number of benzene rings is 1. The Kier molecular flexibility index (Phi) is 4.60. The average Bonchev–Trinajstić information content (AvgIpc) is 2.71. The Morgan fingerprint density at radius 2 is 2.35 bits per heavy atom. The van der Waals surface area contributed by atoms with Gasteiger partial charge >= 0.3 is 0 Å². The van der Waals surface area contributed by atoms with E-state index in [-0.39, 0.29) is 6.61 Å². The highest BCUT2D eigenvalue weighted by Crippen LogP contribution is 2.33. The highest BCUT2D eigenvalue weighted by Gasteiger charge is 2.24. The monoisotopic (exact) mass is 297 g/mol. The van der Waals surface area contributed by atoms with Crippen LogP contribution < -0.4 is 5.32 Å².